The Morgan fingerprint density at radius 2 is 1.67 bits per heavy atom. The Balaban J connectivity index is 2.17. The minimum Gasteiger partial charge on any atom is -0.487 e. The van der Waals surface area contributed by atoms with E-state index in [0.717, 1.165) is 24.7 Å². The lowest BCUT2D eigenvalue weighted by Gasteiger charge is -2.11. The Labute approximate surface area is 133 Å². The third kappa shape index (κ3) is 3.44. The summed E-state index contributed by atoms with van der Waals surface area (Å²) >= 11 is 4.38. The zero-order valence-electron chi connectivity index (χ0n) is 9.40. The van der Waals surface area contributed by atoms with Crippen molar-refractivity contribution in [1.82, 2.24) is 0 Å². The van der Waals surface area contributed by atoms with Crippen LogP contribution in [0, 0.1) is 7.14 Å². The van der Waals surface area contributed by atoms with E-state index in [1.54, 1.807) is 0 Å². The molecule has 92 valence electrons. The zero-order chi connectivity index (χ0) is 13.0. The van der Waals surface area contributed by atoms with Crippen LogP contribution in [0.5, 0.6) is 5.75 Å². The van der Waals surface area contributed by atoms with Crippen LogP contribution < -0.4 is 4.74 Å². The minimum atomic E-state index is 0.535. The SMILES string of the molecule is O=Cc1cc(I)c(OCc2ccccc2)c(I)c1. The van der Waals surface area contributed by atoms with Crippen molar-refractivity contribution >= 4 is 51.5 Å². The lowest BCUT2D eigenvalue weighted by atomic mass is 10.2. The quantitative estimate of drug-likeness (QED) is 0.499. The van der Waals surface area contributed by atoms with Crippen molar-refractivity contribution in [3.05, 3.63) is 60.7 Å². The second kappa shape index (κ2) is 6.51. The topological polar surface area (TPSA) is 26.3 Å². The maximum absolute atomic E-state index is 10.8. The number of carbonyl (C=O) groups excluding carboxylic acids is 1. The van der Waals surface area contributed by atoms with Gasteiger partial charge in [-0.05, 0) is 62.9 Å². The van der Waals surface area contributed by atoms with Crippen molar-refractivity contribution in [2.75, 3.05) is 0 Å². The van der Waals surface area contributed by atoms with Crippen LogP contribution in [0.2, 0.25) is 0 Å². The predicted molar refractivity (Wildman–Crippen MR) is 88.0 cm³/mol. The van der Waals surface area contributed by atoms with Crippen molar-refractivity contribution in [3.63, 3.8) is 0 Å². The van der Waals surface area contributed by atoms with Gasteiger partial charge in [-0.3, -0.25) is 4.79 Å². The van der Waals surface area contributed by atoms with E-state index >= 15 is 0 Å². The highest BCUT2D eigenvalue weighted by molar-refractivity contribution is 14.1. The van der Waals surface area contributed by atoms with E-state index in [4.69, 9.17) is 4.74 Å². The minimum absolute atomic E-state index is 0.535. The number of carbonyl (C=O) groups is 1. The number of hydrogen-bond acceptors (Lipinski definition) is 2. The second-order valence-corrected chi connectivity index (χ2v) is 6.03. The van der Waals surface area contributed by atoms with E-state index in [2.05, 4.69) is 45.2 Å². The summed E-state index contributed by atoms with van der Waals surface area (Å²) < 4.78 is 7.73. The van der Waals surface area contributed by atoms with E-state index in [1.165, 1.54) is 0 Å². The summed E-state index contributed by atoms with van der Waals surface area (Å²) in [6.45, 7) is 0.535. The monoisotopic (exact) mass is 464 g/mol. The molecule has 0 aliphatic heterocycles. The fourth-order valence-electron chi connectivity index (χ4n) is 1.52. The van der Waals surface area contributed by atoms with Gasteiger partial charge >= 0.3 is 0 Å². The van der Waals surface area contributed by atoms with Crippen LogP contribution in [0.4, 0.5) is 0 Å². The molecule has 0 heterocycles. The Kier molecular flexibility index (Phi) is 4.99. The second-order valence-electron chi connectivity index (χ2n) is 3.71. The Bertz CT molecular complexity index is 530. The summed E-state index contributed by atoms with van der Waals surface area (Å²) in [6.07, 6.45) is 0.852. The fraction of sp³-hybridized carbons (Fsp3) is 0.0714. The molecule has 0 fully saturated rings. The van der Waals surface area contributed by atoms with Crippen LogP contribution in [0.15, 0.2) is 42.5 Å². The van der Waals surface area contributed by atoms with Gasteiger partial charge < -0.3 is 4.74 Å². The molecule has 4 heteroatoms. The summed E-state index contributed by atoms with van der Waals surface area (Å²) in [6, 6.07) is 13.7. The van der Waals surface area contributed by atoms with E-state index < -0.39 is 0 Å². The van der Waals surface area contributed by atoms with Gasteiger partial charge in [-0.1, -0.05) is 30.3 Å². The first-order valence-corrected chi connectivity index (χ1v) is 7.47. The van der Waals surface area contributed by atoms with E-state index in [9.17, 15) is 4.79 Å². The van der Waals surface area contributed by atoms with Crippen molar-refractivity contribution < 1.29 is 9.53 Å². The number of halogens is 2. The molecule has 2 nitrogen and oxygen atoms in total. The molecule has 18 heavy (non-hydrogen) atoms. The van der Waals surface area contributed by atoms with Gasteiger partial charge in [-0.2, -0.15) is 0 Å². The lowest BCUT2D eigenvalue weighted by molar-refractivity contribution is 0.112. The van der Waals surface area contributed by atoms with Crippen LogP contribution in [0.3, 0.4) is 0 Å². The molecule has 0 radical (unpaired) electrons. The third-order valence-corrected chi connectivity index (χ3v) is 3.99. The summed E-state index contributed by atoms with van der Waals surface area (Å²) in [4.78, 5) is 10.8. The predicted octanol–water partition coefficient (Wildman–Crippen LogP) is 4.29. The van der Waals surface area contributed by atoms with Crippen LogP contribution in [-0.4, -0.2) is 6.29 Å². The third-order valence-electron chi connectivity index (χ3n) is 2.38. The van der Waals surface area contributed by atoms with Gasteiger partial charge in [0.25, 0.3) is 0 Å². The molecule has 0 saturated heterocycles. The van der Waals surface area contributed by atoms with Gasteiger partial charge in [0.2, 0.25) is 0 Å². The van der Waals surface area contributed by atoms with Gasteiger partial charge in [0.1, 0.15) is 18.6 Å². The molecular formula is C14H10I2O2. The van der Waals surface area contributed by atoms with E-state index in [1.807, 2.05) is 42.5 Å². The number of rotatable bonds is 4. The first-order valence-electron chi connectivity index (χ1n) is 5.31. The van der Waals surface area contributed by atoms with Gasteiger partial charge in [-0.25, -0.2) is 0 Å². The van der Waals surface area contributed by atoms with Gasteiger partial charge in [0, 0.05) is 5.56 Å². The van der Waals surface area contributed by atoms with Crippen molar-refractivity contribution in [2.45, 2.75) is 6.61 Å². The summed E-state index contributed by atoms with van der Waals surface area (Å²) in [5.74, 6) is 0.839. The molecule has 2 rings (SSSR count). The molecule has 0 amide bonds. The molecule has 0 spiro atoms. The fourth-order valence-corrected chi connectivity index (χ4v) is 3.64. The van der Waals surface area contributed by atoms with Crippen LogP contribution >= 0.6 is 45.2 Å². The molecule has 2 aromatic rings. The van der Waals surface area contributed by atoms with Crippen molar-refractivity contribution in [2.24, 2.45) is 0 Å². The molecule has 0 bridgehead atoms. The number of hydrogen-bond donors (Lipinski definition) is 0. The maximum atomic E-state index is 10.8. The first kappa shape index (κ1) is 13.8. The molecule has 0 N–H and O–H groups in total. The van der Waals surface area contributed by atoms with Crippen LogP contribution in [0.25, 0.3) is 0 Å². The Hall–Kier alpha value is -0.630. The Morgan fingerprint density at radius 3 is 2.22 bits per heavy atom. The van der Waals surface area contributed by atoms with E-state index in [-0.39, 0.29) is 0 Å². The van der Waals surface area contributed by atoms with Gasteiger partial charge in [0.15, 0.2) is 0 Å². The number of aldehydes is 1. The molecule has 0 aromatic heterocycles. The van der Waals surface area contributed by atoms with Crippen LogP contribution in [0.1, 0.15) is 15.9 Å². The van der Waals surface area contributed by atoms with Crippen molar-refractivity contribution in [3.8, 4) is 5.75 Å². The maximum Gasteiger partial charge on any atom is 0.150 e. The molecule has 0 atom stereocenters. The largest absolute Gasteiger partial charge is 0.487 e. The molecule has 0 aliphatic carbocycles. The average Bonchev–Trinajstić information content (AvgIpc) is 2.38. The van der Waals surface area contributed by atoms with E-state index in [0.29, 0.717) is 12.2 Å². The molecule has 0 aliphatic rings. The summed E-state index contributed by atoms with van der Waals surface area (Å²) in [5.41, 5.74) is 1.81. The molecular weight excluding hydrogens is 454 g/mol. The lowest BCUT2D eigenvalue weighted by Crippen LogP contribution is -1.99. The standard InChI is InChI=1S/C14H10I2O2/c15-12-6-11(8-17)7-13(16)14(12)18-9-10-4-2-1-3-5-10/h1-8H,9H2. The van der Waals surface area contributed by atoms with Crippen LogP contribution in [-0.2, 0) is 6.61 Å². The molecule has 0 unspecified atom stereocenters. The number of benzene rings is 2. The smallest absolute Gasteiger partial charge is 0.150 e. The summed E-state index contributed by atoms with van der Waals surface area (Å²) in [7, 11) is 0. The van der Waals surface area contributed by atoms with Gasteiger partial charge in [-0.15, -0.1) is 0 Å². The zero-order valence-corrected chi connectivity index (χ0v) is 13.7. The summed E-state index contributed by atoms with van der Waals surface area (Å²) in [5, 5.41) is 0. The highest BCUT2D eigenvalue weighted by atomic mass is 127. The highest BCUT2D eigenvalue weighted by Crippen LogP contribution is 2.29. The average molecular weight is 464 g/mol. The Morgan fingerprint density at radius 1 is 1.06 bits per heavy atom. The first-order chi connectivity index (χ1) is 8.70. The number of ether oxygens (including phenoxy) is 1. The highest BCUT2D eigenvalue weighted by Gasteiger charge is 2.08. The molecule has 2 aromatic carbocycles. The molecule has 0 saturated carbocycles. The van der Waals surface area contributed by atoms with Crippen molar-refractivity contribution in [1.29, 1.82) is 0 Å². The van der Waals surface area contributed by atoms with Gasteiger partial charge in [0.05, 0.1) is 7.14 Å². The normalized spacial score (nSPS) is 10.1.